The maximum Gasteiger partial charge on any atom is 0.330 e. The van der Waals surface area contributed by atoms with Crippen LogP contribution in [0.3, 0.4) is 0 Å². The third kappa shape index (κ3) is 8.56. The molecule has 13 nitrogen and oxygen atoms in total. The SMILES string of the molecule is Cn1cnc(C[C@H](N)C(=O)OC(=O)CC(C)(O)CC(=O)OC(=O)[C@@H](N)Cc2cn(C)cn2)c1. The van der Waals surface area contributed by atoms with Gasteiger partial charge < -0.3 is 35.2 Å². The summed E-state index contributed by atoms with van der Waals surface area (Å²) < 4.78 is 12.6. The molecule has 0 fully saturated rings. The van der Waals surface area contributed by atoms with E-state index >= 15 is 0 Å². The van der Waals surface area contributed by atoms with E-state index < -0.39 is 54.4 Å². The van der Waals surface area contributed by atoms with Crippen LogP contribution in [0.2, 0.25) is 0 Å². The van der Waals surface area contributed by atoms with E-state index in [4.69, 9.17) is 11.5 Å². The molecule has 0 aliphatic carbocycles. The summed E-state index contributed by atoms with van der Waals surface area (Å²) in [6.45, 7) is 1.16. The van der Waals surface area contributed by atoms with Crippen molar-refractivity contribution in [1.29, 1.82) is 0 Å². The number of ether oxygens (including phenoxy) is 2. The Morgan fingerprint density at radius 3 is 1.58 bits per heavy atom. The average molecular weight is 464 g/mol. The van der Waals surface area contributed by atoms with Gasteiger partial charge in [0.15, 0.2) is 0 Å². The molecular weight excluding hydrogens is 436 g/mol. The predicted molar refractivity (Wildman–Crippen MR) is 112 cm³/mol. The van der Waals surface area contributed by atoms with E-state index in [0.717, 1.165) is 6.92 Å². The molecule has 0 amide bonds. The zero-order valence-electron chi connectivity index (χ0n) is 18.6. The molecule has 33 heavy (non-hydrogen) atoms. The summed E-state index contributed by atoms with van der Waals surface area (Å²) >= 11 is 0. The summed E-state index contributed by atoms with van der Waals surface area (Å²) in [6, 6.07) is -2.28. The molecule has 180 valence electrons. The molecular formula is C20H28N6O7. The average Bonchev–Trinajstić information content (AvgIpc) is 3.27. The van der Waals surface area contributed by atoms with Gasteiger partial charge in [-0.05, 0) is 6.92 Å². The molecule has 0 aliphatic heterocycles. The first-order valence-electron chi connectivity index (χ1n) is 10.0. The summed E-state index contributed by atoms with van der Waals surface area (Å²) in [5.41, 5.74) is 10.6. The molecule has 0 aliphatic rings. The molecule has 0 radical (unpaired) electrons. The van der Waals surface area contributed by atoms with Crippen LogP contribution in [0, 0.1) is 0 Å². The Bertz CT molecular complexity index is 934. The zero-order chi connectivity index (χ0) is 24.8. The number of aliphatic hydroxyl groups is 1. The van der Waals surface area contributed by atoms with Crippen LogP contribution in [0.5, 0.6) is 0 Å². The number of aryl methyl sites for hydroxylation is 2. The van der Waals surface area contributed by atoms with Gasteiger partial charge in [-0.2, -0.15) is 0 Å². The molecule has 0 unspecified atom stereocenters. The molecule has 2 atom stereocenters. The monoisotopic (exact) mass is 464 g/mol. The van der Waals surface area contributed by atoms with Crippen molar-refractivity contribution in [1.82, 2.24) is 19.1 Å². The van der Waals surface area contributed by atoms with Crippen molar-refractivity contribution in [2.75, 3.05) is 0 Å². The van der Waals surface area contributed by atoms with Gasteiger partial charge in [-0.3, -0.25) is 9.59 Å². The number of esters is 4. The lowest BCUT2D eigenvalue weighted by atomic mass is 9.98. The molecule has 0 spiro atoms. The second-order valence-electron chi connectivity index (χ2n) is 8.12. The van der Waals surface area contributed by atoms with Crippen molar-refractivity contribution in [2.24, 2.45) is 25.6 Å². The van der Waals surface area contributed by atoms with Crippen LogP contribution >= 0.6 is 0 Å². The van der Waals surface area contributed by atoms with Gasteiger partial charge >= 0.3 is 23.9 Å². The van der Waals surface area contributed by atoms with Crippen LogP contribution in [0.4, 0.5) is 0 Å². The van der Waals surface area contributed by atoms with Crippen molar-refractivity contribution in [3.05, 3.63) is 36.4 Å². The van der Waals surface area contributed by atoms with Crippen LogP contribution in [0.1, 0.15) is 31.2 Å². The molecule has 0 aromatic carbocycles. The van der Waals surface area contributed by atoms with Crippen molar-refractivity contribution in [3.63, 3.8) is 0 Å². The van der Waals surface area contributed by atoms with E-state index in [1.165, 1.54) is 12.7 Å². The minimum atomic E-state index is -1.94. The van der Waals surface area contributed by atoms with Crippen molar-refractivity contribution in [2.45, 2.75) is 50.3 Å². The van der Waals surface area contributed by atoms with Gasteiger partial charge in [0.05, 0.1) is 42.5 Å². The van der Waals surface area contributed by atoms with E-state index in [2.05, 4.69) is 19.4 Å². The van der Waals surface area contributed by atoms with Gasteiger partial charge in [0, 0.05) is 39.3 Å². The number of hydrogen-bond donors (Lipinski definition) is 3. The van der Waals surface area contributed by atoms with Gasteiger partial charge in [0.1, 0.15) is 12.1 Å². The Morgan fingerprint density at radius 2 is 1.27 bits per heavy atom. The lowest BCUT2D eigenvalue weighted by Crippen LogP contribution is -2.40. The number of rotatable bonds is 10. The van der Waals surface area contributed by atoms with Crippen LogP contribution in [-0.4, -0.2) is 65.8 Å². The maximum absolute atomic E-state index is 12.0. The fraction of sp³-hybridized carbons (Fsp3) is 0.500. The molecule has 0 saturated heterocycles. The maximum atomic E-state index is 12.0. The topological polar surface area (TPSA) is 195 Å². The van der Waals surface area contributed by atoms with Gasteiger partial charge in [-0.1, -0.05) is 0 Å². The van der Waals surface area contributed by atoms with Crippen LogP contribution in [0.25, 0.3) is 0 Å². The minimum absolute atomic E-state index is 0.0521. The fourth-order valence-corrected chi connectivity index (χ4v) is 2.89. The molecule has 0 bridgehead atoms. The summed E-state index contributed by atoms with van der Waals surface area (Å²) in [5, 5.41) is 10.3. The number of nitrogens with two attached hydrogens (primary N) is 2. The highest BCUT2D eigenvalue weighted by Gasteiger charge is 2.32. The van der Waals surface area contributed by atoms with Crippen molar-refractivity contribution < 1.29 is 33.8 Å². The van der Waals surface area contributed by atoms with E-state index in [9.17, 15) is 24.3 Å². The second kappa shape index (κ2) is 10.9. The Kier molecular flexibility index (Phi) is 8.56. The molecule has 0 saturated carbocycles. The van der Waals surface area contributed by atoms with Crippen molar-refractivity contribution >= 4 is 23.9 Å². The third-order valence-corrected chi connectivity index (χ3v) is 4.46. The smallest absolute Gasteiger partial charge is 0.330 e. The number of carbonyl (C=O) groups is 4. The Morgan fingerprint density at radius 1 is 0.909 bits per heavy atom. The summed E-state index contributed by atoms with van der Waals surface area (Å²) in [4.78, 5) is 56.1. The van der Waals surface area contributed by atoms with E-state index in [-0.39, 0.29) is 12.8 Å². The van der Waals surface area contributed by atoms with Gasteiger partial charge in [0.2, 0.25) is 0 Å². The largest absolute Gasteiger partial charge is 0.392 e. The quantitative estimate of drug-likeness (QED) is 0.267. The number of nitrogens with zero attached hydrogens (tertiary/aromatic N) is 4. The van der Waals surface area contributed by atoms with E-state index in [1.54, 1.807) is 35.6 Å². The normalized spacial score (nSPS) is 13.3. The second-order valence-corrected chi connectivity index (χ2v) is 8.12. The Hall–Kier alpha value is -3.42. The molecule has 2 aromatic heterocycles. The third-order valence-electron chi connectivity index (χ3n) is 4.46. The summed E-state index contributed by atoms with van der Waals surface area (Å²) in [6.07, 6.45) is 5.07. The Balaban J connectivity index is 1.78. The highest BCUT2D eigenvalue weighted by Crippen LogP contribution is 2.17. The number of aromatic nitrogens is 4. The standard InChI is InChI=1S/C20H28N6O7/c1-20(31,6-16(27)32-18(29)14(21)4-12-8-25(2)10-23-12)7-17(28)33-19(30)15(22)5-13-9-26(3)11-24-13/h8-11,14-15,31H,4-7,21-22H2,1-3H3/t14-,15-/m0/s1. The highest BCUT2D eigenvalue weighted by molar-refractivity contribution is 5.90. The van der Waals surface area contributed by atoms with Crippen LogP contribution in [0.15, 0.2) is 25.0 Å². The summed E-state index contributed by atoms with van der Waals surface area (Å²) in [5.74, 6) is -4.18. The predicted octanol–water partition coefficient (Wildman–Crippen LogP) is -1.74. The number of hydrogen-bond acceptors (Lipinski definition) is 11. The molecule has 2 rings (SSSR count). The van der Waals surface area contributed by atoms with Gasteiger partial charge in [0.25, 0.3) is 0 Å². The highest BCUT2D eigenvalue weighted by atomic mass is 16.6. The molecule has 5 N–H and O–H groups in total. The minimum Gasteiger partial charge on any atom is -0.392 e. The van der Waals surface area contributed by atoms with Crippen molar-refractivity contribution in [3.8, 4) is 0 Å². The lowest BCUT2D eigenvalue weighted by Gasteiger charge is -2.21. The summed E-state index contributed by atoms with van der Waals surface area (Å²) in [7, 11) is 3.50. The zero-order valence-corrected chi connectivity index (χ0v) is 18.6. The number of imidazole rings is 2. The number of carbonyl (C=O) groups excluding carboxylic acids is 4. The van der Waals surface area contributed by atoms with Gasteiger partial charge in [-0.15, -0.1) is 0 Å². The molecule has 13 heteroatoms. The molecule has 2 heterocycles. The van der Waals surface area contributed by atoms with E-state index in [1.807, 2.05) is 0 Å². The Labute approximate surface area is 189 Å². The molecule has 2 aromatic rings. The van der Waals surface area contributed by atoms with Gasteiger partial charge in [-0.25, -0.2) is 19.6 Å². The first-order chi connectivity index (χ1) is 15.3. The van der Waals surface area contributed by atoms with Crippen LogP contribution < -0.4 is 11.5 Å². The first-order valence-corrected chi connectivity index (χ1v) is 10.0. The fourth-order valence-electron chi connectivity index (χ4n) is 2.89. The first kappa shape index (κ1) is 25.8. The van der Waals surface area contributed by atoms with E-state index in [0.29, 0.717) is 11.4 Å². The lowest BCUT2D eigenvalue weighted by molar-refractivity contribution is -0.165. The van der Waals surface area contributed by atoms with Crippen LogP contribution in [-0.2, 0) is 55.6 Å².